The zero-order valence-corrected chi connectivity index (χ0v) is 7.06. The van der Waals surface area contributed by atoms with Crippen molar-refractivity contribution in [1.29, 1.82) is 0 Å². The van der Waals surface area contributed by atoms with Gasteiger partial charge in [-0.05, 0) is 12.2 Å². The summed E-state index contributed by atoms with van der Waals surface area (Å²) in [4.78, 5) is 14.3. The van der Waals surface area contributed by atoms with Crippen LogP contribution in [-0.2, 0) is 4.57 Å². The summed E-state index contributed by atoms with van der Waals surface area (Å²) in [5.74, 6) is 1.01. The van der Waals surface area contributed by atoms with Gasteiger partial charge in [-0.1, -0.05) is 6.92 Å². The van der Waals surface area contributed by atoms with Crippen molar-refractivity contribution in [2.45, 2.75) is 13.3 Å². The summed E-state index contributed by atoms with van der Waals surface area (Å²) in [6.07, 6.45) is 1.18. The van der Waals surface area contributed by atoms with Crippen LogP contribution in [0.4, 0.5) is 0 Å². The summed E-state index contributed by atoms with van der Waals surface area (Å²) in [7, 11) is -3.13. The Labute approximate surface area is 89.0 Å². The van der Waals surface area contributed by atoms with Gasteiger partial charge < -0.3 is 15.3 Å². The molecule has 0 amide bonds. The first-order valence-electron chi connectivity index (χ1n) is 2.17. The minimum atomic E-state index is -3.13. The molecule has 7 heteroatoms. The Balaban J connectivity index is -0.0000000300. The van der Waals surface area contributed by atoms with Gasteiger partial charge in [0.25, 0.3) is 0 Å². The van der Waals surface area contributed by atoms with E-state index in [9.17, 15) is 0 Å². The van der Waals surface area contributed by atoms with Crippen LogP contribution in [0.1, 0.15) is 13.3 Å². The Morgan fingerprint density at radius 3 is 1.60 bits per heavy atom. The number of thiol groups is 1. The second-order valence-electron chi connectivity index (χ2n) is 1.01. The van der Waals surface area contributed by atoms with Crippen molar-refractivity contribution >= 4 is 50.4 Å². The quantitative estimate of drug-likeness (QED) is 0.294. The van der Waals surface area contributed by atoms with Gasteiger partial charge in [-0.15, -0.1) is 0 Å². The van der Waals surface area contributed by atoms with Gasteiger partial charge >= 0.3 is 37.8 Å². The van der Waals surface area contributed by atoms with E-state index in [0.29, 0.717) is 0 Å². The van der Waals surface area contributed by atoms with E-state index in [2.05, 4.69) is 19.6 Å². The molecule has 0 unspecified atom stereocenters. The molecule has 0 aliphatic heterocycles. The average molecular weight is 200 g/mol. The Hall–Kier alpha value is 1.46. The average Bonchev–Trinajstić information content (AvgIpc) is 1.65. The van der Waals surface area contributed by atoms with Gasteiger partial charge in [0.2, 0.25) is 0 Å². The van der Waals surface area contributed by atoms with Gasteiger partial charge in [0.1, 0.15) is 0 Å². The Morgan fingerprint density at radius 1 is 1.50 bits per heavy atom. The van der Waals surface area contributed by atoms with Crippen LogP contribution in [0.25, 0.3) is 0 Å². The molecule has 4 nitrogen and oxygen atoms in total. The van der Waals surface area contributed by atoms with Crippen LogP contribution in [0.3, 0.4) is 0 Å². The fraction of sp³-hybridized carbons (Fsp3) is 1.00. The van der Waals surface area contributed by atoms with E-state index < -0.39 is 8.25 Å². The molecule has 0 rings (SSSR count). The molecule has 62 valence electrons. The van der Waals surface area contributed by atoms with Crippen molar-refractivity contribution < 1.29 is 19.8 Å². The molecular weight excluding hydrogens is 186 g/mol. The Bertz CT molecular complexity index is 58.5. The summed E-state index contributed by atoms with van der Waals surface area (Å²) < 4.78 is 8.74. The first-order chi connectivity index (χ1) is 3.65. The molecule has 0 spiro atoms. The van der Waals surface area contributed by atoms with E-state index in [0.717, 1.165) is 5.75 Å². The molecule has 0 saturated heterocycles. The molecule has 0 atom stereocenters. The monoisotopic (exact) mass is 200 g/mol. The zero-order chi connectivity index (χ0) is 6.99. The standard InChI is InChI=1S/C3H8S.Na.H3O3P.H2O.H/c1-2-3-4;;1-4(2)3;;/h4H,2-3H2,1H3;;4H,(H2,1,2,3);1H2;. The normalized spacial score (nSPS) is 6.50. The first-order valence-corrected chi connectivity index (χ1v) is 4.11. The molecule has 0 aromatic carbocycles. The molecule has 0 aliphatic carbocycles. The molecule has 0 bridgehead atoms. The SMILES string of the molecule is CCCS.O.O=[PH](O)O.[NaH]. The topological polar surface area (TPSA) is 89.0 Å². The minimum absolute atomic E-state index is 0. The van der Waals surface area contributed by atoms with E-state index in [1.54, 1.807) is 0 Å². The summed E-state index contributed by atoms with van der Waals surface area (Å²) in [6, 6.07) is 0. The van der Waals surface area contributed by atoms with E-state index in [4.69, 9.17) is 14.4 Å². The van der Waals surface area contributed by atoms with Gasteiger partial charge in [-0.25, -0.2) is 0 Å². The second-order valence-corrected chi connectivity index (χ2v) is 2.02. The van der Waals surface area contributed by atoms with E-state index >= 15 is 0 Å². The molecular formula is C3H14NaO4PS. The van der Waals surface area contributed by atoms with E-state index in [1.807, 2.05) is 0 Å². The molecule has 0 radical (unpaired) electrons. The van der Waals surface area contributed by atoms with Crippen LogP contribution in [0.15, 0.2) is 0 Å². The van der Waals surface area contributed by atoms with Gasteiger partial charge in [0.05, 0.1) is 0 Å². The predicted octanol–water partition coefficient (Wildman–Crippen LogP) is -0.786. The summed E-state index contributed by atoms with van der Waals surface area (Å²) in [5, 5.41) is 0. The van der Waals surface area contributed by atoms with Gasteiger partial charge in [-0.2, -0.15) is 12.6 Å². The van der Waals surface area contributed by atoms with Gasteiger partial charge in [-0.3, -0.25) is 4.57 Å². The molecule has 0 saturated carbocycles. The molecule has 0 aromatic heterocycles. The molecule has 0 heterocycles. The summed E-state index contributed by atoms with van der Waals surface area (Å²) in [5.41, 5.74) is 0. The molecule has 4 N–H and O–H groups in total. The first kappa shape index (κ1) is 22.5. The fourth-order valence-electron chi connectivity index (χ4n) is 0. The maximum atomic E-state index is 8.74. The van der Waals surface area contributed by atoms with Crippen molar-refractivity contribution in [3.05, 3.63) is 0 Å². The molecule has 0 fully saturated rings. The van der Waals surface area contributed by atoms with Crippen LogP contribution in [0.5, 0.6) is 0 Å². The van der Waals surface area contributed by atoms with E-state index in [-0.39, 0.29) is 35.0 Å². The Morgan fingerprint density at radius 2 is 1.60 bits per heavy atom. The number of hydrogen-bond donors (Lipinski definition) is 3. The molecule has 0 aromatic rings. The third kappa shape index (κ3) is 112. The zero-order valence-electron chi connectivity index (χ0n) is 5.16. The van der Waals surface area contributed by atoms with E-state index in [1.165, 1.54) is 6.42 Å². The van der Waals surface area contributed by atoms with Crippen molar-refractivity contribution in [3.63, 3.8) is 0 Å². The van der Waals surface area contributed by atoms with Gasteiger partial charge in [0, 0.05) is 0 Å². The summed E-state index contributed by atoms with van der Waals surface area (Å²) >= 11 is 3.92. The van der Waals surface area contributed by atoms with Crippen LogP contribution < -0.4 is 0 Å². The third-order valence-corrected chi connectivity index (χ3v) is 0.671. The number of rotatable bonds is 1. The predicted molar refractivity (Wildman–Crippen MR) is 48.3 cm³/mol. The second kappa shape index (κ2) is 22.4. The van der Waals surface area contributed by atoms with Crippen molar-refractivity contribution in [2.75, 3.05) is 5.75 Å². The van der Waals surface area contributed by atoms with Crippen LogP contribution in [0, 0.1) is 0 Å². The van der Waals surface area contributed by atoms with Crippen LogP contribution in [-0.4, -0.2) is 50.6 Å². The van der Waals surface area contributed by atoms with Crippen molar-refractivity contribution in [2.24, 2.45) is 0 Å². The van der Waals surface area contributed by atoms with Crippen LogP contribution in [0.2, 0.25) is 0 Å². The summed E-state index contributed by atoms with van der Waals surface area (Å²) in [6.45, 7) is 2.10. The van der Waals surface area contributed by atoms with Crippen molar-refractivity contribution in [1.82, 2.24) is 0 Å². The molecule has 10 heavy (non-hydrogen) atoms. The Kier molecular flexibility index (Phi) is 50.5. The van der Waals surface area contributed by atoms with Crippen LogP contribution >= 0.6 is 20.9 Å². The molecule has 0 aliphatic rings. The van der Waals surface area contributed by atoms with Crippen molar-refractivity contribution in [3.8, 4) is 0 Å². The maximum absolute atomic E-state index is 8.74. The third-order valence-electron chi connectivity index (χ3n) is 0.224. The van der Waals surface area contributed by atoms with Gasteiger partial charge in [0.15, 0.2) is 0 Å². The fourth-order valence-corrected chi connectivity index (χ4v) is 0. The number of hydrogen-bond acceptors (Lipinski definition) is 2.